The van der Waals surface area contributed by atoms with Gasteiger partial charge in [-0.3, -0.25) is 0 Å². The van der Waals surface area contributed by atoms with Gasteiger partial charge in [-0.1, -0.05) is 37.3 Å². The summed E-state index contributed by atoms with van der Waals surface area (Å²) in [5, 5.41) is 12.8. The number of hydrogen-bond donors (Lipinski definition) is 2. The third-order valence-corrected chi connectivity index (χ3v) is 3.12. The second-order valence-electron chi connectivity index (χ2n) is 5.91. The van der Waals surface area contributed by atoms with Gasteiger partial charge in [0.05, 0.1) is 12.1 Å². The van der Waals surface area contributed by atoms with E-state index in [0.717, 1.165) is 12.8 Å². The smallest absolute Gasteiger partial charge is 0.317 e. The standard InChI is InChI=1S/C16H26N2O2/c1-5-14(11-13-9-7-6-8-10-13)17-15(19)18(4)12-16(2,3)20/h6-10,14,20H,5,11-12H2,1-4H3,(H,17,19). The highest BCUT2D eigenvalue weighted by atomic mass is 16.3. The number of aliphatic hydroxyl groups is 1. The predicted octanol–water partition coefficient (Wildman–Crippen LogP) is 2.42. The van der Waals surface area contributed by atoms with E-state index in [1.807, 2.05) is 18.2 Å². The third kappa shape index (κ3) is 6.06. The van der Waals surface area contributed by atoms with Gasteiger partial charge in [-0.2, -0.15) is 0 Å². The molecule has 4 nitrogen and oxygen atoms in total. The summed E-state index contributed by atoms with van der Waals surface area (Å²) in [5.74, 6) is 0. The van der Waals surface area contributed by atoms with E-state index in [9.17, 15) is 9.90 Å². The lowest BCUT2D eigenvalue weighted by atomic mass is 10.0. The summed E-state index contributed by atoms with van der Waals surface area (Å²) in [6.07, 6.45) is 1.69. The van der Waals surface area contributed by atoms with Gasteiger partial charge in [-0.05, 0) is 32.3 Å². The van der Waals surface area contributed by atoms with Crippen LogP contribution in [0.5, 0.6) is 0 Å². The van der Waals surface area contributed by atoms with Crippen LogP contribution in [0.1, 0.15) is 32.8 Å². The van der Waals surface area contributed by atoms with Crippen LogP contribution in [-0.4, -0.2) is 41.3 Å². The van der Waals surface area contributed by atoms with Crippen LogP contribution in [0, 0.1) is 0 Å². The number of likely N-dealkylation sites (N-methyl/N-ethyl adjacent to an activating group) is 1. The first-order chi connectivity index (χ1) is 9.31. The predicted molar refractivity (Wildman–Crippen MR) is 81.7 cm³/mol. The zero-order valence-electron chi connectivity index (χ0n) is 12.9. The molecular weight excluding hydrogens is 252 g/mol. The van der Waals surface area contributed by atoms with Crippen molar-refractivity contribution < 1.29 is 9.90 Å². The lowest BCUT2D eigenvalue weighted by molar-refractivity contribution is 0.0527. The van der Waals surface area contributed by atoms with Gasteiger partial charge in [0.2, 0.25) is 0 Å². The molecule has 0 bridgehead atoms. The van der Waals surface area contributed by atoms with Gasteiger partial charge in [0, 0.05) is 13.1 Å². The minimum atomic E-state index is -0.882. The van der Waals surface area contributed by atoms with Crippen LogP contribution in [0.2, 0.25) is 0 Å². The van der Waals surface area contributed by atoms with E-state index in [2.05, 4.69) is 24.4 Å². The molecule has 0 spiro atoms. The summed E-state index contributed by atoms with van der Waals surface area (Å²) in [6, 6.07) is 10.1. The van der Waals surface area contributed by atoms with Gasteiger partial charge in [0.15, 0.2) is 0 Å². The van der Waals surface area contributed by atoms with Gasteiger partial charge in [0.25, 0.3) is 0 Å². The summed E-state index contributed by atoms with van der Waals surface area (Å²) < 4.78 is 0. The van der Waals surface area contributed by atoms with Crippen molar-refractivity contribution in [3.8, 4) is 0 Å². The fourth-order valence-corrected chi connectivity index (χ4v) is 2.13. The Balaban J connectivity index is 2.53. The molecule has 1 rings (SSSR count). The first-order valence-corrected chi connectivity index (χ1v) is 7.09. The highest BCUT2D eigenvalue weighted by Crippen LogP contribution is 2.07. The molecular formula is C16H26N2O2. The number of nitrogens with zero attached hydrogens (tertiary/aromatic N) is 1. The Kier molecular flexibility index (Phi) is 6.02. The van der Waals surface area contributed by atoms with Crippen LogP contribution >= 0.6 is 0 Å². The maximum atomic E-state index is 12.1. The van der Waals surface area contributed by atoms with E-state index >= 15 is 0 Å². The van der Waals surface area contributed by atoms with Crippen LogP contribution in [0.3, 0.4) is 0 Å². The quantitative estimate of drug-likeness (QED) is 0.839. The summed E-state index contributed by atoms with van der Waals surface area (Å²) in [4.78, 5) is 13.6. The van der Waals surface area contributed by atoms with Crippen LogP contribution in [0.15, 0.2) is 30.3 Å². The highest BCUT2D eigenvalue weighted by molar-refractivity contribution is 5.74. The average molecular weight is 278 g/mol. The lowest BCUT2D eigenvalue weighted by Gasteiger charge is -2.28. The minimum absolute atomic E-state index is 0.106. The normalized spacial score (nSPS) is 12.8. The van der Waals surface area contributed by atoms with Gasteiger partial charge in [0.1, 0.15) is 0 Å². The third-order valence-electron chi connectivity index (χ3n) is 3.12. The molecule has 1 atom stereocenters. The number of urea groups is 1. The topological polar surface area (TPSA) is 52.6 Å². The van der Waals surface area contributed by atoms with Crippen molar-refractivity contribution in [3.63, 3.8) is 0 Å². The summed E-state index contributed by atoms with van der Waals surface area (Å²) in [5.41, 5.74) is 0.331. The fourth-order valence-electron chi connectivity index (χ4n) is 2.13. The molecule has 2 N–H and O–H groups in total. The van der Waals surface area contributed by atoms with Gasteiger partial charge >= 0.3 is 6.03 Å². The largest absolute Gasteiger partial charge is 0.389 e. The van der Waals surface area contributed by atoms with Gasteiger partial charge in [-0.15, -0.1) is 0 Å². The monoisotopic (exact) mass is 278 g/mol. The van der Waals surface area contributed by atoms with Crippen LogP contribution in [0.25, 0.3) is 0 Å². The molecule has 1 unspecified atom stereocenters. The molecule has 0 fully saturated rings. The molecule has 4 heteroatoms. The van der Waals surface area contributed by atoms with E-state index < -0.39 is 5.60 Å². The molecule has 0 saturated carbocycles. The number of hydrogen-bond acceptors (Lipinski definition) is 2. The van der Waals surface area contributed by atoms with Crippen molar-refractivity contribution in [2.24, 2.45) is 0 Å². The molecule has 0 aromatic heterocycles. The SMILES string of the molecule is CCC(Cc1ccccc1)NC(=O)N(C)CC(C)(C)O. The Morgan fingerprint density at radius 1 is 1.35 bits per heavy atom. The second-order valence-corrected chi connectivity index (χ2v) is 5.91. The highest BCUT2D eigenvalue weighted by Gasteiger charge is 2.20. The Labute approximate surface area is 121 Å². The number of carbonyl (C=O) groups excluding carboxylic acids is 1. The van der Waals surface area contributed by atoms with Crippen LogP contribution in [0.4, 0.5) is 4.79 Å². The van der Waals surface area contributed by atoms with E-state index in [-0.39, 0.29) is 12.1 Å². The molecule has 0 radical (unpaired) electrons. The van der Waals surface area contributed by atoms with E-state index in [1.165, 1.54) is 10.5 Å². The molecule has 0 saturated heterocycles. The van der Waals surface area contributed by atoms with Gasteiger partial charge in [-0.25, -0.2) is 4.79 Å². The minimum Gasteiger partial charge on any atom is -0.389 e. The summed E-state index contributed by atoms with van der Waals surface area (Å²) in [7, 11) is 1.70. The summed E-state index contributed by atoms with van der Waals surface area (Å²) >= 11 is 0. The van der Waals surface area contributed by atoms with Crippen molar-refractivity contribution in [1.82, 2.24) is 10.2 Å². The molecule has 2 amide bonds. The molecule has 0 aliphatic heterocycles. The van der Waals surface area contributed by atoms with Crippen molar-refractivity contribution in [3.05, 3.63) is 35.9 Å². The van der Waals surface area contributed by atoms with Crippen molar-refractivity contribution >= 4 is 6.03 Å². The van der Waals surface area contributed by atoms with Crippen molar-refractivity contribution in [1.29, 1.82) is 0 Å². The number of carbonyl (C=O) groups is 1. The second kappa shape index (κ2) is 7.29. The maximum absolute atomic E-state index is 12.1. The Morgan fingerprint density at radius 3 is 2.45 bits per heavy atom. The molecule has 112 valence electrons. The van der Waals surface area contributed by atoms with E-state index in [0.29, 0.717) is 6.54 Å². The van der Waals surface area contributed by atoms with Crippen LogP contribution < -0.4 is 5.32 Å². The first kappa shape index (κ1) is 16.5. The molecule has 0 aliphatic rings. The first-order valence-electron chi connectivity index (χ1n) is 7.09. The Bertz CT molecular complexity index is 412. The Morgan fingerprint density at radius 2 is 1.95 bits per heavy atom. The zero-order chi connectivity index (χ0) is 15.2. The molecule has 0 heterocycles. The van der Waals surface area contributed by atoms with Crippen molar-refractivity contribution in [2.45, 2.75) is 45.3 Å². The number of rotatable bonds is 6. The molecule has 20 heavy (non-hydrogen) atoms. The van der Waals surface area contributed by atoms with E-state index in [1.54, 1.807) is 20.9 Å². The molecule has 1 aromatic carbocycles. The molecule has 0 aliphatic carbocycles. The lowest BCUT2D eigenvalue weighted by Crippen LogP contribution is -2.48. The number of amides is 2. The average Bonchev–Trinajstić information content (AvgIpc) is 2.37. The Hall–Kier alpha value is -1.55. The summed E-state index contributed by atoms with van der Waals surface area (Å²) in [6.45, 7) is 5.75. The number of nitrogens with one attached hydrogen (secondary N) is 1. The molecule has 1 aromatic rings. The van der Waals surface area contributed by atoms with Gasteiger partial charge < -0.3 is 15.3 Å². The fraction of sp³-hybridized carbons (Fsp3) is 0.562. The number of benzene rings is 1. The van der Waals surface area contributed by atoms with E-state index in [4.69, 9.17) is 0 Å². The van der Waals surface area contributed by atoms with Crippen LogP contribution in [-0.2, 0) is 6.42 Å². The maximum Gasteiger partial charge on any atom is 0.317 e. The van der Waals surface area contributed by atoms with Crippen molar-refractivity contribution in [2.75, 3.05) is 13.6 Å². The zero-order valence-corrected chi connectivity index (χ0v) is 12.9.